The van der Waals surface area contributed by atoms with Gasteiger partial charge < -0.3 is 20.7 Å². The summed E-state index contributed by atoms with van der Waals surface area (Å²) in [5, 5.41) is 8.01. The summed E-state index contributed by atoms with van der Waals surface area (Å²) in [6.07, 6.45) is 3.97. The Morgan fingerprint density at radius 3 is 2.19 bits per heavy atom. The van der Waals surface area contributed by atoms with Crippen molar-refractivity contribution in [1.82, 2.24) is 19.7 Å². The molecule has 0 unspecified atom stereocenters. The summed E-state index contributed by atoms with van der Waals surface area (Å²) in [4.78, 5) is 10.7. The Balaban J connectivity index is 0.000000668. The Labute approximate surface area is 200 Å². The first-order valence-electron chi connectivity index (χ1n) is 11.0. The number of halogens is 1. The monoisotopic (exact) mass is 474 g/mol. The van der Waals surface area contributed by atoms with Gasteiger partial charge in [0.05, 0.1) is 16.3 Å². The van der Waals surface area contributed by atoms with Crippen LogP contribution in [0, 0.1) is 0 Å². The third kappa shape index (κ3) is 6.78. The lowest BCUT2D eigenvalue weighted by molar-refractivity contribution is 0.170. The van der Waals surface area contributed by atoms with E-state index in [0.717, 1.165) is 34.7 Å². The predicted octanol–water partition coefficient (Wildman–Crippen LogP) is 5.93. The average Bonchev–Trinajstić information content (AvgIpc) is 2.57. The molecule has 0 saturated carbocycles. The molecule has 0 aliphatic carbocycles. The Kier molecular flexibility index (Phi) is 7.65. The molecule has 1 aliphatic heterocycles. The van der Waals surface area contributed by atoms with Gasteiger partial charge in [0.2, 0.25) is 5.95 Å². The van der Waals surface area contributed by atoms with Crippen LogP contribution in [-0.2, 0) is 0 Å². The smallest absolute Gasteiger partial charge is 0.224 e. The number of aromatic nitrogens is 3. The van der Waals surface area contributed by atoms with Gasteiger partial charge in [-0.3, -0.25) is 0 Å². The van der Waals surface area contributed by atoms with Crippen molar-refractivity contribution in [2.24, 2.45) is 5.73 Å². The fourth-order valence-corrected chi connectivity index (χ4v) is 4.97. The molecule has 1 aromatic carbocycles. The van der Waals surface area contributed by atoms with Gasteiger partial charge in [-0.1, -0.05) is 55.2 Å². The van der Waals surface area contributed by atoms with E-state index < -0.39 is 0 Å². The maximum Gasteiger partial charge on any atom is 0.224 e. The first kappa shape index (κ1) is 24.7. The normalized spacial score (nSPS) is 17.7. The molecule has 32 heavy (non-hydrogen) atoms. The van der Waals surface area contributed by atoms with Gasteiger partial charge in [-0.2, -0.15) is 0 Å². The maximum absolute atomic E-state index is 6.44. The lowest BCUT2D eigenvalue weighted by Crippen LogP contribution is -2.60. The van der Waals surface area contributed by atoms with Crippen LogP contribution in [0.5, 0.6) is 0 Å². The van der Waals surface area contributed by atoms with E-state index in [9.17, 15) is 0 Å². The summed E-state index contributed by atoms with van der Waals surface area (Å²) in [5.41, 5.74) is 7.87. The van der Waals surface area contributed by atoms with Crippen molar-refractivity contribution in [3.05, 3.63) is 41.6 Å². The van der Waals surface area contributed by atoms with Crippen molar-refractivity contribution in [3.8, 4) is 21.8 Å². The zero-order valence-electron chi connectivity index (χ0n) is 19.8. The van der Waals surface area contributed by atoms with E-state index in [1.807, 2.05) is 50.4 Å². The topological polar surface area (TPSA) is 91.6 Å². The highest BCUT2D eigenvalue weighted by Gasteiger charge is 2.37. The second-order valence-corrected chi connectivity index (χ2v) is 11.3. The molecule has 8 heteroatoms. The first-order chi connectivity index (χ1) is 14.9. The minimum Gasteiger partial charge on any atom is -0.351 e. The number of aromatic amines is 1. The van der Waals surface area contributed by atoms with Crippen molar-refractivity contribution in [2.45, 2.75) is 77.5 Å². The number of nitrogens with one attached hydrogen (secondary N) is 3. The Morgan fingerprint density at radius 2 is 1.66 bits per heavy atom. The molecule has 1 aliphatic rings. The molecule has 4 rings (SSSR count). The van der Waals surface area contributed by atoms with E-state index in [2.05, 4.69) is 42.7 Å². The summed E-state index contributed by atoms with van der Waals surface area (Å²) in [6, 6.07) is 10.4. The van der Waals surface area contributed by atoms with Gasteiger partial charge in [-0.15, -0.1) is 0 Å². The zero-order chi connectivity index (χ0) is 23.5. The number of nitrogens with two attached hydrogens (primary N) is 1. The number of piperidine rings is 1. The quantitative estimate of drug-likeness (QED) is 0.376. The molecule has 0 bridgehead atoms. The van der Waals surface area contributed by atoms with Gasteiger partial charge in [0.25, 0.3) is 0 Å². The fraction of sp³-hybridized carbons (Fsp3) is 0.500. The molecule has 5 N–H and O–H groups in total. The fourth-order valence-electron chi connectivity index (χ4n) is 4.30. The highest BCUT2D eigenvalue weighted by molar-refractivity contribution is 7.10. The van der Waals surface area contributed by atoms with Gasteiger partial charge in [-0.25, -0.2) is 9.97 Å². The third-order valence-electron chi connectivity index (χ3n) is 5.01. The van der Waals surface area contributed by atoms with Gasteiger partial charge in [0.1, 0.15) is 0 Å². The largest absolute Gasteiger partial charge is 0.351 e. The molecule has 3 heterocycles. The number of rotatable bonds is 4. The van der Waals surface area contributed by atoms with Crippen molar-refractivity contribution in [3.63, 3.8) is 0 Å². The van der Waals surface area contributed by atoms with Crippen molar-refractivity contribution < 1.29 is 0 Å². The van der Waals surface area contributed by atoms with E-state index in [-0.39, 0.29) is 11.1 Å². The average molecular weight is 475 g/mol. The molecule has 2 aromatic heterocycles. The summed E-state index contributed by atoms with van der Waals surface area (Å²) >= 11 is 8.01. The van der Waals surface area contributed by atoms with Crippen LogP contribution < -0.4 is 16.4 Å². The molecule has 174 valence electrons. The molecule has 0 amide bonds. The highest BCUT2D eigenvalue weighted by atomic mass is 35.5. The van der Waals surface area contributed by atoms with Gasteiger partial charge in [0.15, 0.2) is 0 Å². The minimum atomic E-state index is 0.0544. The van der Waals surface area contributed by atoms with Crippen LogP contribution in [-0.4, -0.2) is 37.5 Å². The van der Waals surface area contributed by atoms with Crippen LogP contribution >= 0.6 is 23.1 Å². The Hall–Kier alpha value is -1.93. The van der Waals surface area contributed by atoms with Crippen molar-refractivity contribution in [2.75, 3.05) is 5.32 Å². The molecule has 3 aromatic rings. The minimum absolute atomic E-state index is 0.0544. The summed E-state index contributed by atoms with van der Waals surface area (Å²) in [7, 11) is 0. The number of nitrogens with zero attached hydrogens (tertiary/aromatic N) is 2. The maximum atomic E-state index is 6.44. The van der Waals surface area contributed by atoms with Gasteiger partial charge in [-0.05, 0) is 58.7 Å². The molecule has 1 saturated heterocycles. The molecule has 0 radical (unpaired) electrons. The highest BCUT2D eigenvalue weighted by Crippen LogP contribution is 2.33. The van der Waals surface area contributed by atoms with E-state index in [4.69, 9.17) is 27.3 Å². The molecular formula is C24H35ClN6S. The Bertz CT molecular complexity index is 995. The molecule has 0 spiro atoms. The second kappa shape index (κ2) is 9.91. The number of hydrogen-bond acceptors (Lipinski definition) is 6. The molecule has 0 atom stereocenters. The number of anilines is 1. The van der Waals surface area contributed by atoms with Crippen LogP contribution in [0.15, 0.2) is 36.5 Å². The van der Waals surface area contributed by atoms with Crippen LogP contribution in [0.25, 0.3) is 21.8 Å². The van der Waals surface area contributed by atoms with Crippen LogP contribution in [0.1, 0.15) is 54.4 Å². The van der Waals surface area contributed by atoms with E-state index in [1.165, 1.54) is 0 Å². The van der Waals surface area contributed by atoms with E-state index >= 15 is 0 Å². The summed E-state index contributed by atoms with van der Waals surface area (Å²) < 4.78 is 3.09. The predicted molar refractivity (Wildman–Crippen MR) is 137 cm³/mol. The van der Waals surface area contributed by atoms with Crippen molar-refractivity contribution >= 4 is 29.1 Å². The van der Waals surface area contributed by atoms with Gasteiger partial charge in [0, 0.05) is 33.9 Å². The Morgan fingerprint density at radius 1 is 1.09 bits per heavy atom. The number of benzene rings is 1. The van der Waals surface area contributed by atoms with E-state index in [1.54, 1.807) is 11.5 Å². The molecular weight excluding hydrogens is 440 g/mol. The van der Waals surface area contributed by atoms with E-state index in [0.29, 0.717) is 23.1 Å². The van der Waals surface area contributed by atoms with Crippen LogP contribution in [0.3, 0.4) is 0 Å². The number of hydrogen-bond donors (Lipinski definition) is 4. The summed E-state index contributed by atoms with van der Waals surface area (Å²) in [5.74, 6) is 0.652. The third-order valence-corrected chi connectivity index (χ3v) is 6.12. The summed E-state index contributed by atoms with van der Waals surface area (Å²) in [6.45, 7) is 12.9. The second-order valence-electron chi connectivity index (χ2n) is 10.1. The molecule has 1 fully saturated rings. The zero-order valence-corrected chi connectivity index (χ0v) is 21.4. The van der Waals surface area contributed by atoms with Crippen molar-refractivity contribution in [1.29, 1.82) is 0 Å². The van der Waals surface area contributed by atoms with Crippen LogP contribution in [0.2, 0.25) is 5.02 Å². The standard InChI is InChI=1S/C21H26ClN5S.C3H9N/c1-20(2)10-13(11-21(3,4)27-20)24-19-25-16(14-7-5-6-8-15(14)22)9-17(26-19)18-12-23-28-18;1-3(2)4/h5-9,12-13,23,27H,10-11H2,1-4H3,(H,24,25,26);3H,4H2,1-2H3. The SMILES string of the molecule is CC(C)N.CC1(C)CC(Nc2nc(-c3c[nH]s3)cc(-c3ccccc3Cl)n2)CC(C)(C)N1. The number of H-pyrrole nitrogens is 1. The lowest BCUT2D eigenvalue weighted by atomic mass is 9.80. The van der Waals surface area contributed by atoms with Gasteiger partial charge >= 0.3 is 0 Å². The van der Waals surface area contributed by atoms with Crippen LogP contribution in [0.4, 0.5) is 5.95 Å². The lowest BCUT2D eigenvalue weighted by Gasteiger charge is -2.46. The first-order valence-corrected chi connectivity index (χ1v) is 12.2. The molecule has 6 nitrogen and oxygen atoms in total.